The van der Waals surface area contributed by atoms with E-state index in [0.717, 1.165) is 11.9 Å². The van der Waals surface area contributed by atoms with Crippen molar-refractivity contribution in [1.82, 2.24) is 5.32 Å². The van der Waals surface area contributed by atoms with Crippen molar-refractivity contribution in [3.63, 3.8) is 0 Å². The summed E-state index contributed by atoms with van der Waals surface area (Å²) in [5.41, 5.74) is 0. The number of rotatable bonds is 7. The van der Waals surface area contributed by atoms with Crippen molar-refractivity contribution in [3.05, 3.63) is 0 Å². The zero-order chi connectivity index (χ0) is 7.66. The van der Waals surface area contributed by atoms with E-state index in [0.29, 0.717) is 0 Å². The molecule has 0 aromatic rings. The normalized spacial score (nSPS) is 10.2. The van der Waals surface area contributed by atoms with Crippen LogP contribution in [0, 0.1) is 0 Å². The molecule has 62 valence electrons. The topological polar surface area (TPSA) is 12.0 Å². The van der Waals surface area contributed by atoms with Gasteiger partial charge in [0, 0.05) is 17.6 Å². The van der Waals surface area contributed by atoms with Crippen molar-refractivity contribution in [3.8, 4) is 0 Å². The van der Waals surface area contributed by atoms with Crippen LogP contribution >= 0.6 is 27.7 Å². The van der Waals surface area contributed by atoms with Crippen LogP contribution in [0.2, 0.25) is 0 Å². The van der Waals surface area contributed by atoms with Crippen molar-refractivity contribution in [2.75, 3.05) is 30.4 Å². The van der Waals surface area contributed by atoms with Gasteiger partial charge in [-0.15, -0.1) is 0 Å². The van der Waals surface area contributed by atoms with Gasteiger partial charge < -0.3 is 5.32 Å². The third kappa shape index (κ3) is 8.79. The van der Waals surface area contributed by atoms with E-state index >= 15 is 0 Å². The minimum absolute atomic E-state index is 1.14. The summed E-state index contributed by atoms with van der Waals surface area (Å²) in [4.78, 5) is 0. The van der Waals surface area contributed by atoms with Crippen LogP contribution in [0.3, 0.4) is 0 Å². The summed E-state index contributed by atoms with van der Waals surface area (Å²) in [5.74, 6) is 1.23. The maximum absolute atomic E-state index is 3.40. The number of thioether (sulfide) groups is 1. The summed E-state index contributed by atoms with van der Waals surface area (Å²) in [6.07, 6.45) is 4.71. The quantitative estimate of drug-likeness (QED) is 0.527. The van der Waals surface area contributed by atoms with E-state index in [-0.39, 0.29) is 0 Å². The Morgan fingerprint density at radius 1 is 1.30 bits per heavy atom. The number of nitrogens with one attached hydrogen (secondary N) is 1. The van der Waals surface area contributed by atoms with E-state index in [1.165, 1.54) is 25.1 Å². The summed E-state index contributed by atoms with van der Waals surface area (Å²) in [7, 11) is 0. The number of hydrogen-bond acceptors (Lipinski definition) is 2. The van der Waals surface area contributed by atoms with Gasteiger partial charge in [0.15, 0.2) is 0 Å². The molecule has 0 saturated heterocycles. The molecule has 0 aliphatic heterocycles. The van der Waals surface area contributed by atoms with E-state index in [1.807, 2.05) is 11.8 Å². The highest BCUT2D eigenvalue weighted by molar-refractivity contribution is 9.09. The number of hydrogen-bond donors (Lipinski definition) is 1. The van der Waals surface area contributed by atoms with E-state index in [9.17, 15) is 0 Å². The van der Waals surface area contributed by atoms with Gasteiger partial charge >= 0.3 is 0 Å². The van der Waals surface area contributed by atoms with E-state index < -0.39 is 0 Å². The third-order valence-electron chi connectivity index (χ3n) is 1.22. The molecule has 0 radical (unpaired) electrons. The van der Waals surface area contributed by atoms with Gasteiger partial charge in [-0.1, -0.05) is 15.9 Å². The number of alkyl halides is 1. The average molecular weight is 226 g/mol. The number of halogens is 1. The molecule has 0 unspecified atom stereocenters. The maximum atomic E-state index is 3.40. The first kappa shape index (κ1) is 10.8. The molecule has 1 N–H and O–H groups in total. The second kappa shape index (κ2) is 9.79. The molecule has 0 atom stereocenters. The summed E-state index contributed by atoms with van der Waals surface area (Å²) < 4.78 is 0. The first-order chi connectivity index (χ1) is 4.91. The molecular formula is C7H16BrNS. The van der Waals surface area contributed by atoms with E-state index in [1.54, 1.807) is 0 Å². The van der Waals surface area contributed by atoms with Crippen molar-refractivity contribution in [2.24, 2.45) is 0 Å². The highest BCUT2D eigenvalue weighted by Gasteiger charge is 1.86. The molecule has 0 saturated carbocycles. The minimum atomic E-state index is 1.14. The van der Waals surface area contributed by atoms with Gasteiger partial charge in [0.25, 0.3) is 0 Å². The van der Waals surface area contributed by atoms with Crippen molar-refractivity contribution >= 4 is 27.7 Å². The molecule has 0 aromatic carbocycles. The predicted molar refractivity (Wildman–Crippen MR) is 54.3 cm³/mol. The van der Waals surface area contributed by atoms with Crippen LogP contribution in [0.5, 0.6) is 0 Å². The van der Waals surface area contributed by atoms with Crippen molar-refractivity contribution in [2.45, 2.75) is 12.8 Å². The summed E-state index contributed by atoms with van der Waals surface area (Å²) in [6, 6.07) is 0. The summed E-state index contributed by atoms with van der Waals surface area (Å²) >= 11 is 5.29. The lowest BCUT2D eigenvalue weighted by atomic mass is 10.3. The molecule has 3 heteroatoms. The Balaban J connectivity index is 2.65. The van der Waals surface area contributed by atoms with Gasteiger partial charge in [-0.2, -0.15) is 11.8 Å². The highest BCUT2D eigenvalue weighted by Crippen LogP contribution is 1.92. The first-order valence-corrected chi connectivity index (χ1v) is 6.19. The molecule has 0 heterocycles. The van der Waals surface area contributed by atoms with Gasteiger partial charge in [-0.3, -0.25) is 0 Å². The monoisotopic (exact) mass is 225 g/mol. The first-order valence-electron chi connectivity index (χ1n) is 3.67. The molecule has 0 amide bonds. The van der Waals surface area contributed by atoms with Gasteiger partial charge in [0.05, 0.1) is 0 Å². The van der Waals surface area contributed by atoms with E-state index in [2.05, 4.69) is 27.5 Å². The molecule has 0 fully saturated rings. The zero-order valence-electron chi connectivity index (χ0n) is 6.53. The zero-order valence-corrected chi connectivity index (χ0v) is 8.93. The fraction of sp³-hybridized carbons (Fsp3) is 1.00. The Morgan fingerprint density at radius 3 is 2.70 bits per heavy atom. The standard InChI is InChI=1S/C7H16BrNS/c1-10-7-6-9-5-3-2-4-8/h9H,2-7H2,1H3. The molecule has 0 aliphatic rings. The molecule has 0 aliphatic carbocycles. The molecule has 0 aromatic heterocycles. The molecular weight excluding hydrogens is 210 g/mol. The second-order valence-corrected chi connectivity index (χ2v) is 3.92. The van der Waals surface area contributed by atoms with Gasteiger partial charge in [0.1, 0.15) is 0 Å². The van der Waals surface area contributed by atoms with Crippen LogP contribution in [0.15, 0.2) is 0 Å². The van der Waals surface area contributed by atoms with Gasteiger partial charge in [0.2, 0.25) is 0 Å². The maximum Gasteiger partial charge on any atom is 0.00553 e. The molecule has 1 nitrogen and oxygen atoms in total. The Hall–Kier alpha value is 0.790. The van der Waals surface area contributed by atoms with E-state index in [4.69, 9.17) is 0 Å². The lowest BCUT2D eigenvalue weighted by Crippen LogP contribution is -2.18. The van der Waals surface area contributed by atoms with Crippen LogP contribution in [0.4, 0.5) is 0 Å². The molecule has 0 rings (SSSR count). The van der Waals surface area contributed by atoms with Crippen molar-refractivity contribution < 1.29 is 0 Å². The average Bonchev–Trinajstić information content (AvgIpc) is 1.97. The second-order valence-electron chi connectivity index (χ2n) is 2.14. The fourth-order valence-electron chi connectivity index (χ4n) is 0.644. The predicted octanol–water partition coefficient (Wildman–Crippen LogP) is 2.11. The van der Waals surface area contributed by atoms with Crippen LogP contribution in [-0.2, 0) is 0 Å². The van der Waals surface area contributed by atoms with Gasteiger partial charge in [-0.05, 0) is 25.6 Å². The molecule has 0 spiro atoms. The summed E-state index contributed by atoms with van der Waals surface area (Å²) in [6.45, 7) is 2.33. The van der Waals surface area contributed by atoms with Gasteiger partial charge in [-0.25, -0.2) is 0 Å². The largest absolute Gasteiger partial charge is 0.316 e. The fourth-order valence-corrected chi connectivity index (χ4v) is 1.39. The molecule has 10 heavy (non-hydrogen) atoms. The van der Waals surface area contributed by atoms with Crippen LogP contribution < -0.4 is 5.32 Å². The minimum Gasteiger partial charge on any atom is -0.316 e. The number of unbranched alkanes of at least 4 members (excludes halogenated alkanes) is 1. The Kier molecular flexibility index (Phi) is 10.6. The lowest BCUT2D eigenvalue weighted by Gasteiger charge is -2.00. The Bertz CT molecular complexity index is 53.6. The van der Waals surface area contributed by atoms with Crippen molar-refractivity contribution in [1.29, 1.82) is 0 Å². The lowest BCUT2D eigenvalue weighted by molar-refractivity contribution is 0.670. The Morgan fingerprint density at radius 2 is 2.10 bits per heavy atom. The third-order valence-corrected chi connectivity index (χ3v) is 2.39. The Labute approximate surface area is 76.5 Å². The molecule has 0 bridgehead atoms. The summed E-state index contributed by atoms with van der Waals surface area (Å²) in [5, 5.41) is 4.52. The smallest absolute Gasteiger partial charge is 0.00553 e. The highest BCUT2D eigenvalue weighted by atomic mass is 79.9. The van der Waals surface area contributed by atoms with Crippen LogP contribution in [0.1, 0.15) is 12.8 Å². The SMILES string of the molecule is CSCCNCCCCBr. The van der Waals surface area contributed by atoms with Crippen LogP contribution in [0.25, 0.3) is 0 Å². The van der Waals surface area contributed by atoms with Crippen LogP contribution in [-0.4, -0.2) is 30.4 Å².